The monoisotopic (exact) mass is 318 g/mol. The van der Waals surface area contributed by atoms with Crippen molar-refractivity contribution in [2.24, 2.45) is 11.1 Å². The Labute approximate surface area is 136 Å². The van der Waals surface area contributed by atoms with Crippen LogP contribution in [0.5, 0.6) is 0 Å². The fourth-order valence-corrected chi connectivity index (χ4v) is 2.53. The largest absolute Gasteiger partial charge is 0.475 e. The Kier molecular flexibility index (Phi) is 5.44. The lowest BCUT2D eigenvalue weighted by Crippen LogP contribution is -2.54. The summed E-state index contributed by atoms with van der Waals surface area (Å²) in [5.41, 5.74) is 0.466. The fraction of sp³-hybridized carbons (Fsp3) is 0.500. The van der Waals surface area contributed by atoms with Crippen molar-refractivity contribution in [1.29, 1.82) is 0 Å². The van der Waals surface area contributed by atoms with Gasteiger partial charge in [0.05, 0.1) is 11.7 Å². The van der Waals surface area contributed by atoms with Crippen LogP contribution in [0.25, 0.3) is 0 Å². The van der Waals surface area contributed by atoms with Gasteiger partial charge in [0.1, 0.15) is 0 Å². The molecular weight excluding hydrogens is 295 g/mol. The molecule has 0 spiro atoms. The Balaban J connectivity index is 2.03. The van der Waals surface area contributed by atoms with Crippen LogP contribution in [-0.2, 0) is 9.63 Å². The summed E-state index contributed by atoms with van der Waals surface area (Å²) in [6, 6.07) is 9.52. The summed E-state index contributed by atoms with van der Waals surface area (Å²) < 4.78 is 0. The second-order valence-electron chi connectivity index (χ2n) is 6.53. The van der Waals surface area contributed by atoms with Gasteiger partial charge in [-0.3, -0.25) is 4.79 Å². The zero-order chi connectivity index (χ0) is 17.0. The molecule has 1 aromatic carbocycles. The topological polar surface area (TPSA) is 91.2 Å². The first kappa shape index (κ1) is 17.5. The van der Waals surface area contributed by atoms with Gasteiger partial charge in [0.25, 0.3) is 5.91 Å². The van der Waals surface area contributed by atoms with Crippen molar-refractivity contribution in [3.63, 3.8) is 0 Å². The van der Waals surface area contributed by atoms with Crippen molar-refractivity contribution in [2.75, 3.05) is 0 Å². The van der Waals surface area contributed by atoms with Gasteiger partial charge in [0, 0.05) is 6.42 Å². The highest BCUT2D eigenvalue weighted by atomic mass is 16.7. The van der Waals surface area contributed by atoms with Gasteiger partial charge in [-0.1, -0.05) is 49.3 Å². The Morgan fingerprint density at radius 1 is 1.39 bits per heavy atom. The normalized spacial score (nSPS) is 21.6. The standard InChI is InChI=1S/C16H23BN2O4/c1-11(2)9-14(17(21)22)18-15(20)16(3)10-13(19-23-16)12-7-5-4-6-8-12/h4-8,11,14,21-22H,9-10H2,1-3H3,(H,18,20). The molecule has 7 heteroatoms. The first-order valence-electron chi connectivity index (χ1n) is 7.79. The van der Waals surface area contributed by atoms with E-state index in [2.05, 4.69) is 10.5 Å². The van der Waals surface area contributed by atoms with Crippen LogP contribution in [0.1, 0.15) is 39.2 Å². The van der Waals surface area contributed by atoms with Crippen LogP contribution in [0.2, 0.25) is 0 Å². The van der Waals surface area contributed by atoms with Crippen molar-refractivity contribution >= 4 is 18.7 Å². The van der Waals surface area contributed by atoms with Crippen LogP contribution in [0.3, 0.4) is 0 Å². The molecular formula is C16H23BN2O4. The lowest BCUT2D eigenvalue weighted by atomic mass is 9.74. The molecule has 1 heterocycles. The summed E-state index contributed by atoms with van der Waals surface area (Å²) in [4.78, 5) is 17.9. The molecule has 0 bridgehead atoms. The van der Waals surface area contributed by atoms with Crippen LogP contribution in [0.15, 0.2) is 35.5 Å². The van der Waals surface area contributed by atoms with E-state index in [4.69, 9.17) is 4.84 Å². The Morgan fingerprint density at radius 3 is 2.61 bits per heavy atom. The third-order valence-corrected chi connectivity index (χ3v) is 3.85. The summed E-state index contributed by atoms with van der Waals surface area (Å²) in [7, 11) is -1.61. The molecule has 1 aliphatic rings. The lowest BCUT2D eigenvalue weighted by molar-refractivity contribution is -0.142. The molecule has 3 N–H and O–H groups in total. The quantitative estimate of drug-likeness (QED) is 0.685. The highest BCUT2D eigenvalue weighted by Gasteiger charge is 2.44. The molecule has 2 rings (SSSR count). The molecule has 1 aliphatic heterocycles. The minimum atomic E-state index is -1.61. The van der Waals surface area contributed by atoms with Crippen LogP contribution in [0, 0.1) is 5.92 Å². The van der Waals surface area contributed by atoms with Gasteiger partial charge in [-0.15, -0.1) is 0 Å². The summed E-state index contributed by atoms with van der Waals surface area (Å²) >= 11 is 0. The number of carbonyl (C=O) groups is 1. The molecule has 1 amide bonds. The highest BCUT2D eigenvalue weighted by Crippen LogP contribution is 2.27. The fourth-order valence-electron chi connectivity index (χ4n) is 2.53. The second kappa shape index (κ2) is 7.15. The Hall–Kier alpha value is -1.86. The van der Waals surface area contributed by atoms with Crippen molar-refractivity contribution in [3.05, 3.63) is 35.9 Å². The maximum Gasteiger partial charge on any atom is 0.475 e. The SMILES string of the molecule is CC(C)CC(NC(=O)C1(C)CC(c2ccccc2)=NO1)B(O)O. The molecule has 2 atom stereocenters. The van der Waals surface area contributed by atoms with Crippen molar-refractivity contribution in [3.8, 4) is 0 Å². The van der Waals surface area contributed by atoms with Gasteiger partial charge in [0.2, 0.25) is 5.60 Å². The first-order chi connectivity index (χ1) is 10.8. The van der Waals surface area contributed by atoms with Gasteiger partial charge in [-0.25, -0.2) is 0 Å². The first-order valence-corrected chi connectivity index (χ1v) is 7.79. The smallest absolute Gasteiger partial charge is 0.426 e. The van der Waals surface area contributed by atoms with Gasteiger partial charge >= 0.3 is 7.12 Å². The van der Waals surface area contributed by atoms with Crippen LogP contribution in [-0.4, -0.2) is 40.3 Å². The van der Waals surface area contributed by atoms with E-state index in [0.717, 1.165) is 5.56 Å². The van der Waals surface area contributed by atoms with E-state index in [0.29, 0.717) is 18.6 Å². The summed E-state index contributed by atoms with van der Waals surface area (Å²) in [6.07, 6.45) is 0.796. The van der Waals surface area contributed by atoms with Gasteiger partial charge in [0.15, 0.2) is 0 Å². The molecule has 2 unspecified atom stereocenters. The Morgan fingerprint density at radius 2 is 2.04 bits per heavy atom. The van der Waals surface area contributed by atoms with E-state index < -0.39 is 24.6 Å². The molecule has 1 aromatic rings. The number of rotatable bonds is 6. The predicted octanol–water partition coefficient (Wildman–Crippen LogP) is 1.11. The molecule has 0 fully saturated rings. The number of carbonyl (C=O) groups excluding carboxylic acids is 1. The second-order valence-corrected chi connectivity index (χ2v) is 6.53. The maximum atomic E-state index is 12.5. The molecule has 124 valence electrons. The lowest BCUT2D eigenvalue weighted by Gasteiger charge is -2.25. The van der Waals surface area contributed by atoms with Crippen molar-refractivity contribution in [1.82, 2.24) is 5.32 Å². The van der Waals surface area contributed by atoms with E-state index >= 15 is 0 Å². The van der Waals surface area contributed by atoms with Gasteiger partial charge in [-0.2, -0.15) is 0 Å². The molecule has 6 nitrogen and oxygen atoms in total. The molecule has 0 saturated carbocycles. The van der Waals surface area contributed by atoms with Crippen LogP contribution >= 0.6 is 0 Å². The summed E-state index contributed by atoms with van der Waals surface area (Å²) in [6.45, 7) is 5.55. The highest BCUT2D eigenvalue weighted by molar-refractivity contribution is 6.43. The third kappa shape index (κ3) is 4.33. The Bertz CT molecular complexity index is 577. The van der Waals surface area contributed by atoms with Crippen LogP contribution < -0.4 is 5.32 Å². The molecule has 0 radical (unpaired) electrons. The number of nitrogens with one attached hydrogen (secondary N) is 1. The zero-order valence-corrected chi connectivity index (χ0v) is 13.7. The predicted molar refractivity (Wildman–Crippen MR) is 88.7 cm³/mol. The van der Waals surface area contributed by atoms with E-state index in [-0.39, 0.29) is 5.92 Å². The molecule has 0 saturated heterocycles. The molecule has 23 heavy (non-hydrogen) atoms. The minimum Gasteiger partial charge on any atom is -0.426 e. The molecule has 0 aromatic heterocycles. The number of nitrogens with zero attached hydrogens (tertiary/aromatic N) is 1. The number of amides is 1. The van der Waals surface area contributed by atoms with Crippen molar-refractivity contribution in [2.45, 2.75) is 45.2 Å². The van der Waals surface area contributed by atoms with E-state index in [9.17, 15) is 14.8 Å². The number of hydrogen-bond acceptors (Lipinski definition) is 5. The van der Waals surface area contributed by atoms with Crippen LogP contribution in [0.4, 0.5) is 0 Å². The average molecular weight is 318 g/mol. The summed E-state index contributed by atoms with van der Waals surface area (Å²) in [5.74, 6) is -0.912. The zero-order valence-electron chi connectivity index (χ0n) is 13.7. The van der Waals surface area contributed by atoms with E-state index in [1.54, 1.807) is 6.92 Å². The van der Waals surface area contributed by atoms with E-state index in [1.165, 1.54) is 0 Å². The van der Waals surface area contributed by atoms with Gasteiger partial charge < -0.3 is 20.2 Å². The van der Waals surface area contributed by atoms with E-state index in [1.807, 2.05) is 44.2 Å². The average Bonchev–Trinajstić information content (AvgIpc) is 2.91. The number of benzene rings is 1. The number of oxime groups is 1. The van der Waals surface area contributed by atoms with Crippen molar-refractivity contribution < 1.29 is 19.7 Å². The van der Waals surface area contributed by atoms with Gasteiger partial charge in [-0.05, 0) is 24.8 Å². The minimum absolute atomic E-state index is 0.218. The molecule has 0 aliphatic carbocycles. The summed E-state index contributed by atoms with van der Waals surface area (Å²) in [5, 5.41) is 25.6. The number of hydrogen-bond donors (Lipinski definition) is 3. The maximum absolute atomic E-state index is 12.5. The third-order valence-electron chi connectivity index (χ3n) is 3.85.